The van der Waals surface area contributed by atoms with Crippen LogP contribution in [0.1, 0.15) is 6.42 Å². The van der Waals surface area contributed by atoms with Gasteiger partial charge in [-0.25, -0.2) is 4.79 Å². The molecular formula is C7H8O4. The summed E-state index contributed by atoms with van der Waals surface area (Å²) < 4.78 is 9.25. The van der Waals surface area contributed by atoms with Crippen molar-refractivity contribution in [3.8, 4) is 0 Å². The first-order chi connectivity index (χ1) is 5.20. The number of rotatable bonds is 0. The summed E-state index contributed by atoms with van der Waals surface area (Å²) in [6.07, 6.45) is -0.0706. The molecule has 0 bridgehead atoms. The van der Waals surface area contributed by atoms with Crippen LogP contribution < -0.4 is 0 Å². The molecule has 1 heterocycles. The van der Waals surface area contributed by atoms with Crippen LogP contribution in [0.15, 0.2) is 12.2 Å². The zero-order chi connectivity index (χ0) is 8.27. The lowest BCUT2D eigenvalue weighted by molar-refractivity contribution is -0.153. The summed E-state index contributed by atoms with van der Waals surface area (Å²) in [5.74, 6) is -0.937. The van der Waals surface area contributed by atoms with Gasteiger partial charge in [-0.15, -0.1) is 0 Å². The molecule has 0 aromatic rings. The van der Waals surface area contributed by atoms with E-state index in [0.29, 0.717) is 0 Å². The number of carbonyl (C=O) groups is 2. The van der Waals surface area contributed by atoms with Gasteiger partial charge in [0.1, 0.15) is 13.2 Å². The fraction of sp³-hybridized carbons (Fsp3) is 0.429. The molecule has 1 aliphatic rings. The summed E-state index contributed by atoms with van der Waals surface area (Å²) in [7, 11) is 0. The van der Waals surface area contributed by atoms with Gasteiger partial charge in [0.2, 0.25) is 0 Å². The smallest absolute Gasteiger partial charge is 0.334 e. The van der Waals surface area contributed by atoms with Crippen LogP contribution in [0.2, 0.25) is 0 Å². The zero-order valence-corrected chi connectivity index (χ0v) is 5.96. The fourth-order valence-corrected chi connectivity index (χ4v) is 0.689. The van der Waals surface area contributed by atoms with E-state index in [4.69, 9.17) is 0 Å². The molecule has 0 saturated carbocycles. The van der Waals surface area contributed by atoms with Gasteiger partial charge in [-0.1, -0.05) is 6.58 Å². The van der Waals surface area contributed by atoms with Crippen molar-refractivity contribution < 1.29 is 19.1 Å². The first-order valence-electron chi connectivity index (χ1n) is 3.20. The molecule has 0 aliphatic carbocycles. The number of hydrogen-bond acceptors (Lipinski definition) is 4. The van der Waals surface area contributed by atoms with Gasteiger partial charge < -0.3 is 9.47 Å². The second kappa shape index (κ2) is 3.18. The van der Waals surface area contributed by atoms with Crippen molar-refractivity contribution in [1.82, 2.24) is 0 Å². The van der Waals surface area contributed by atoms with Crippen molar-refractivity contribution in [3.05, 3.63) is 12.2 Å². The highest BCUT2D eigenvalue weighted by Crippen LogP contribution is 2.05. The van der Waals surface area contributed by atoms with Crippen LogP contribution in [0.25, 0.3) is 0 Å². The predicted octanol–water partition coefficient (Wildman–Crippen LogP) is 0.0327. The fourth-order valence-electron chi connectivity index (χ4n) is 0.689. The number of esters is 2. The largest absolute Gasteiger partial charge is 0.462 e. The van der Waals surface area contributed by atoms with Crippen molar-refractivity contribution in [1.29, 1.82) is 0 Å². The molecule has 1 rings (SSSR count). The van der Waals surface area contributed by atoms with Crippen LogP contribution in [0.4, 0.5) is 0 Å². The average Bonchev–Trinajstić information content (AvgIpc) is 1.95. The molecule has 11 heavy (non-hydrogen) atoms. The summed E-state index contributed by atoms with van der Waals surface area (Å²) in [6.45, 7) is 3.62. The number of cyclic esters (lactones) is 2. The molecule has 1 aliphatic heterocycles. The second-order valence-corrected chi connectivity index (χ2v) is 2.14. The predicted molar refractivity (Wildman–Crippen MR) is 35.7 cm³/mol. The highest BCUT2D eigenvalue weighted by Gasteiger charge is 2.16. The van der Waals surface area contributed by atoms with E-state index in [1.807, 2.05) is 0 Å². The van der Waals surface area contributed by atoms with Gasteiger partial charge in [-0.3, -0.25) is 4.79 Å². The molecule has 0 radical (unpaired) electrons. The first kappa shape index (κ1) is 7.78. The Morgan fingerprint density at radius 3 is 2.55 bits per heavy atom. The highest BCUT2D eigenvalue weighted by atomic mass is 16.6. The van der Waals surface area contributed by atoms with Gasteiger partial charge in [-0.2, -0.15) is 0 Å². The van der Waals surface area contributed by atoms with E-state index in [2.05, 4.69) is 16.1 Å². The monoisotopic (exact) mass is 156 g/mol. The zero-order valence-electron chi connectivity index (χ0n) is 5.96. The van der Waals surface area contributed by atoms with Crippen molar-refractivity contribution in [3.63, 3.8) is 0 Å². The molecule has 0 amide bonds. The molecule has 1 saturated heterocycles. The van der Waals surface area contributed by atoms with Crippen LogP contribution in [-0.2, 0) is 19.1 Å². The molecule has 0 unspecified atom stereocenters. The Kier molecular flexibility index (Phi) is 2.25. The SMILES string of the molecule is C=C1CC(=O)OCCOC1=O. The third kappa shape index (κ3) is 2.07. The van der Waals surface area contributed by atoms with Gasteiger partial charge in [0.25, 0.3) is 0 Å². The lowest BCUT2D eigenvalue weighted by Gasteiger charge is -2.11. The summed E-state index contributed by atoms with van der Waals surface area (Å²) in [5, 5.41) is 0. The molecule has 0 aromatic heterocycles. The van der Waals surface area contributed by atoms with E-state index in [1.54, 1.807) is 0 Å². The molecule has 0 spiro atoms. The Morgan fingerprint density at radius 1 is 1.18 bits per heavy atom. The minimum absolute atomic E-state index is 0.0706. The van der Waals surface area contributed by atoms with Gasteiger partial charge >= 0.3 is 11.9 Å². The van der Waals surface area contributed by atoms with Crippen LogP contribution in [-0.4, -0.2) is 25.2 Å². The van der Waals surface area contributed by atoms with E-state index in [-0.39, 0.29) is 25.2 Å². The van der Waals surface area contributed by atoms with Crippen molar-refractivity contribution in [2.75, 3.05) is 13.2 Å². The standard InChI is InChI=1S/C7H8O4/c1-5-4-6(8)10-2-3-11-7(5)9/h1-4H2. The van der Waals surface area contributed by atoms with Crippen molar-refractivity contribution >= 4 is 11.9 Å². The topological polar surface area (TPSA) is 52.6 Å². The van der Waals surface area contributed by atoms with Gasteiger partial charge in [-0.05, 0) is 0 Å². The maximum absolute atomic E-state index is 10.8. The van der Waals surface area contributed by atoms with E-state index < -0.39 is 11.9 Å². The molecule has 0 aromatic carbocycles. The van der Waals surface area contributed by atoms with Gasteiger partial charge in [0.05, 0.1) is 6.42 Å². The van der Waals surface area contributed by atoms with Crippen molar-refractivity contribution in [2.45, 2.75) is 6.42 Å². The molecule has 0 N–H and O–H groups in total. The molecule has 4 heteroatoms. The maximum atomic E-state index is 10.8. The molecule has 0 atom stereocenters. The van der Waals surface area contributed by atoms with Crippen LogP contribution in [0.3, 0.4) is 0 Å². The maximum Gasteiger partial charge on any atom is 0.334 e. The number of carbonyl (C=O) groups excluding carboxylic acids is 2. The summed E-state index contributed by atoms with van der Waals surface area (Å²) in [5.41, 5.74) is 0.148. The number of ether oxygens (including phenoxy) is 2. The molecule has 4 nitrogen and oxygen atoms in total. The van der Waals surface area contributed by atoms with Crippen LogP contribution in [0, 0.1) is 0 Å². The second-order valence-electron chi connectivity index (χ2n) is 2.14. The summed E-state index contributed by atoms with van der Waals surface area (Å²) in [4.78, 5) is 21.5. The molecule has 1 fully saturated rings. The normalized spacial score (nSPS) is 19.8. The van der Waals surface area contributed by atoms with E-state index in [9.17, 15) is 9.59 Å². The molecular weight excluding hydrogens is 148 g/mol. The highest BCUT2D eigenvalue weighted by molar-refractivity contribution is 5.93. The van der Waals surface area contributed by atoms with Gasteiger partial charge in [0.15, 0.2) is 0 Å². The van der Waals surface area contributed by atoms with Crippen LogP contribution in [0.5, 0.6) is 0 Å². The summed E-state index contributed by atoms with van der Waals surface area (Å²) >= 11 is 0. The number of hydrogen-bond donors (Lipinski definition) is 0. The first-order valence-corrected chi connectivity index (χ1v) is 3.20. The average molecular weight is 156 g/mol. The Bertz CT molecular complexity index is 206. The van der Waals surface area contributed by atoms with Crippen molar-refractivity contribution in [2.24, 2.45) is 0 Å². The van der Waals surface area contributed by atoms with E-state index in [1.165, 1.54) is 0 Å². The van der Waals surface area contributed by atoms with Gasteiger partial charge in [0, 0.05) is 5.57 Å². The lowest BCUT2D eigenvalue weighted by Crippen LogP contribution is -2.20. The van der Waals surface area contributed by atoms with E-state index in [0.717, 1.165) is 0 Å². The molecule has 60 valence electrons. The Hall–Kier alpha value is -1.32. The van der Waals surface area contributed by atoms with E-state index >= 15 is 0 Å². The minimum atomic E-state index is -0.512. The van der Waals surface area contributed by atoms with Crippen LogP contribution >= 0.6 is 0 Å². The minimum Gasteiger partial charge on any atom is -0.462 e. The lowest BCUT2D eigenvalue weighted by atomic mass is 10.2. The Balaban J connectivity index is 2.59. The third-order valence-corrected chi connectivity index (χ3v) is 1.23. The summed E-state index contributed by atoms with van der Waals surface area (Å²) in [6, 6.07) is 0. The Labute approximate surface area is 63.8 Å². The third-order valence-electron chi connectivity index (χ3n) is 1.23. The quantitative estimate of drug-likeness (QED) is 0.367. The Morgan fingerprint density at radius 2 is 1.82 bits per heavy atom.